The number of nitrogens with one attached hydrogen (secondary N) is 1. The van der Waals surface area contributed by atoms with E-state index in [-0.39, 0.29) is 30.4 Å². The molecule has 1 amide bonds. The van der Waals surface area contributed by atoms with Crippen molar-refractivity contribution in [2.75, 3.05) is 13.7 Å². The minimum Gasteiger partial charge on any atom is -0.469 e. The average molecular weight is 317 g/mol. The number of hydrogen-bond acceptors (Lipinski definition) is 5. The van der Waals surface area contributed by atoms with Crippen molar-refractivity contribution < 1.29 is 14.3 Å². The Labute approximate surface area is 133 Å². The van der Waals surface area contributed by atoms with Gasteiger partial charge in [-0.05, 0) is 19.4 Å². The highest BCUT2D eigenvalue weighted by Gasteiger charge is 2.10. The van der Waals surface area contributed by atoms with Gasteiger partial charge < -0.3 is 10.1 Å². The lowest BCUT2D eigenvalue weighted by molar-refractivity contribution is -0.140. The maximum atomic E-state index is 12.3. The second-order valence-electron chi connectivity index (χ2n) is 5.12. The SMILES string of the molecule is COC(=O)CCCNC(=O)Cn1nc(C)c2ccccc2c1=O. The van der Waals surface area contributed by atoms with E-state index in [1.54, 1.807) is 19.1 Å². The van der Waals surface area contributed by atoms with Gasteiger partial charge in [0.15, 0.2) is 0 Å². The van der Waals surface area contributed by atoms with E-state index in [4.69, 9.17) is 0 Å². The summed E-state index contributed by atoms with van der Waals surface area (Å²) in [7, 11) is 1.32. The maximum Gasteiger partial charge on any atom is 0.305 e. The van der Waals surface area contributed by atoms with Crippen molar-refractivity contribution in [2.24, 2.45) is 0 Å². The van der Waals surface area contributed by atoms with Crippen LogP contribution in [0.25, 0.3) is 10.8 Å². The van der Waals surface area contributed by atoms with Crippen LogP contribution in [0, 0.1) is 6.92 Å². The molecule has 2 aromatic rings. The predicted octanol–water partition coefficient (Wildman–Crippen LogP) is 0.774. The largest absolute Gasteiger partial charge is 0.469 e. The Bertz CT molecular complexity index is 782. The standard InChI is InChI=1S/C16H19N3O4/c1-11-12-6-3-4-7-13(12)16(22)19(18-11)10-14(20)17-9-5-8-15(21)23-2/h3-4,6-7H,5,8-10H2,1-2H3,(H,17,20). The van der Waals surface area contributed by atoms with E-state index in [1.165, 1.54) is 7.11 Å². The van der Waals surface area contributed by atoms with E-state index in [2.05, 4.69) is 15.2 Å². The molecular weight excluding hydrogens is 298 g/mol. The van der Waals surface area contributed by atoms with Crippen molar-refractivity contribution in [3.63, 3.8) is 0 Å². The molecule has 0 unspecified atom stereocenters. The van der Waals surface area contributed by atoms with Gasteiger partial charge in [0.2, 0.25) is 5.91 Å². The summed E-state index contributed by atoms with van der Waals surface area (Å²) in [4.78, 5) is 35.2. The molecular formula is C16H19N3O4. The van der Waals surface area contributed by atoms with Gasteiger partial charge in [-0.3, -0.25) is 14.4 Å². The number of carbonyl (C=O) groups is 2. The number of amides is 1. The van der Waals surface area contributed by atoms with Gasteiger partial charge in [0.05, 0.1) is 18.2 Å². The topological polar surface area (TPSA) is 90.3 Å². The number of carbonyl (C=O) groups excluding carboxylic acids is 2. The Kier molecular flexibility index (Phi) is 5.46. The van der Waals surface area contributed by atoms with Crippen molar-refractivity contribution in [3.8, 4) is 0 Å². The number of aryl methyl sites for hydroxylation is 1. The molecule has 0 aliphatic rings. The Morgan fingerprint density at radius 2 is 1.96 bits per heavy atom. The summed E-state index contributed by atoms with van der Waals surface area (Å²) in [6, 6.07) is 7.17. The van der Waals surface area contributed by atoms with Crippen LogP contribution in [0.4, 0.5) is 0 Å². The number of benzene rings is 1. The first-order chi connectivity index (χ1) is 11.0. The van der Waals surface area contributed by atoms with Crippen LogP contribution in [0.5, 0.6) is 0 Å². The Hall–Kier alpha value is -2.70. The van der Waals surface area contributed by atoms with Crippen LogP contribution in [-0.2, 0) is 20.9 Å². The third-order valence-corrected chi connectivity index (χ3v) is 3.45. The molecule has 1 N–H and O–H groups in total. The molecule has 1 aromatic heterocycles. The molecule has 1 heterocycles. The summed E-state index contributed by atoms with van der Waals surface area (Å²) >= 11 is 0. The van der Waals surface area contributed by atoms with Crippen LogP contribution in [0.1, 0.15) is 18.5 Å². The van der Waals surface area contributed by atoms with Crippen LogP contribution in [0.3, 0.4) is 0 Å². The molecule has 23 heavy (non-hydrogen) atoms. The lowest BCUT2D eigenvalue weighted by Crippen LogP contribution is -2.34. The highest BCUT2D eigenvalue weighted by Crippen LogP contribution is 2.11. The maximum absolute atomic E-state index is 12.3. The highest BCUT2D eigenvalue weighted by atomic mass is 16.5. The normalized spacial score (nSPS) is 10.5. The first-order valence-electron chi connectivity index (χ1n) is 7.33. The molecule has 2 rings (SSSR count). The first-order valence-corrected chi connectivity index (χ1v) is 7.33. The van der Waals surface area contributed by atoms with Crippen LogP contribution in [-0.4, -0.2) is 35.3 Å². The number of esters is 1. The van der Waals surface area contributed by atoms with Gasteiger partial charge in [-0.15, -0.1) is 0 Å². The number of aromatic nitrogens is 2. The minimum atomic E-state index is -0.320. The fraction of sp³-hybridized carbons (Fsp3) is 0.375. The number of methoxy groups -OCH3 is 1. The van der Waals surface area contributed by atoms with Crippen molar-refractivity contribution in [2.45, 2.75) is 26.3 Å². The van der Waals surface area contributed by atoms with E-state index in [9.17, 15) is 14.4 Å². The molecule has 0 aliphatic heterocycles. The highest BCUT2D eigenvalue weighted by molar-refractivity contribution is 5.83. The van der Waals surface area contributed by atoms with Gasteiger partial charge >= 0.3 is 5.97 Å². The van der Waals surface area contributed by atoms with E-state index < -0.39 is 0 Å². The van der Waals surface area contributed by atoms with Crippen LogP contribution in [0.2, 0.25) is 0 Å². The number of ether oxygens (including phenoxy) is 1. The molecule has 0 bridgehead atoms. The van der Waals surface area contributed by atoms with Crippen molar-refractivity contribution >= 4 is 22.6 Å². The van der Waals surface area contributed by atoms with Crippen molar-refractivity contribution in [1.82, 2.24) is 15.1 Å². The zero-order chi connectivity index (χ0) is 16.8. The second-order valence-corrected chi connectivity index (χ2v) is 5.12. The summed E-state index contributed by atoms with van der Waals surface area (Å²) in [6.45, 7) is 1.99. The second kappa shape index (κ2) is 7.53. The summed E-state index contributed by atoms with van der Waals surface area (Å²) in [5, 5.41) is 8.16. The summed E-state index contributed by atoms with van der Waals surface area (Å²) in [6.07, 6.45) is 0.724. The lowest BCUT2D eigenvalue weighted by Gasteiger charge is -2.09. The van der Waals surface area contributed by atoms with E-state index in [0.29, 0.717) is 24.0 Å². The fourth-order valence-corrected chi connectivity index (χ4v) is 2.27. The summed E-state index contributed by atoms with van der Waals surface area (Å²) in [5.74, 6) is -0.638. The third-order valence-electron chi connectivity index (χ3n) is 3.45. The number of nitrogens with zero attached hydrogens (tertiary/aromatic N) is 2. The van der Waals surface area contributed by atoms with Crippen molar-refractivity contribution in [3.05, 3.63) is 40.3 Å². The predicted molar refractivity (Wildman–Crippen MR) is 85.0 cm³/mol. The minimum absolute atomic E-state index is 0.150. The molecule has 1 aromatic carbocycles. The van der Waals surface area contributed by atoms with Crippen LogP contribution in [0.15, 0.2) is 29.1 Å². The van der Waals surface area contributed by atoms with Gasteiger partial charge in [-0.1, -0.05) is 18.2 Å². The molecule has 0 spiro atoms. The molecule has 122 valence electrons. The Morgan fingerprint density at radius 1 is 1.26 bits per heavy atom. The van der Waals surface area contributed by atoms with Gasteiger partial charge in [0.25, 0.3) is 5.56 Å². The molecule has 0 saturated heterocycles. The van der Waals surface area contributed by atoms with E-state index in [1.807, 2.05) is 12.1 Å². The average Bonchev–Trinajstić information content (AvgIpc) is 2.56. The molecule has 7 nitrogen and oxygen atoms in total. The molecule has 0 saturated carbocycles. The summed E-state index contributed by atoms with van der Waals surface area (Å²) in [5.41, 5.74) is 0.398. The summed E-state index contributed by atoms with van der Waals surface area (Å²) < 4.78 is 5.68. The van der Waals surface area contributed by atoms with Gasteiger partial charge in [0, 0.05) is 18.4 Å². The monoisotopic (exact) mass is 317 g/mol. The lowest BCUT2D eigenvalue weighted by atomic mass is 10.1. The number of fused-ring (bicyclic) bond motifs is 1. The first kappa shape index (κ1) is 16.7. The van der Waals surface area contributed by atoms with Crippen LogP contribution < -0.4 is 10.9 Å². The third kappa shape index (κ3) is 4.15. The number of hydrogen-bond donors (Lipinski definition) is 1. The zero-order valence-electron chi connectivity index (χ0n) is 13.2. The van der Waals surface area contributed by atoms with Crippen molar-refractivity contribution in [1.29, 1.82) is 0 Å². The quantitative estimate of drug-likeness (QED) is 0.628. The molecule has 0 atom stereocenters. The van der Waals surface area contributed by atoms with E-state index in [0.717, 1.165) is 10.1 Å². The Morgan fingerprint density at radius 3 is 2.65 bits per heavy atom. The van der Waals surface area contributed by atoms with E-state index >= 15 is 0 Å². The molecule has 0 aliphatic carbocycles. The van der Waals surface area contributed by atoms with Gasteiger partial charge in [-0.25, -0.2) is 4.68 Å². The molecule has 0 fully saturated rings. The molecule has 0 radical (unpaired) electrons. The zero-order valence-corrected chi connectivity index (χ0v) is 13.2. The van der Waals surface area contributed by atoms with Crippen LogP contribution >= 0.6 is 0 Å². The number of rotatable bonds is 6. The molecule has 7 heteroatoms. The van der Waals surface area contributed by atoms with Gasteiger partial charge in [0.1, 0.15) is 6.54 Å². The smallest absolute Gasteiger partial charge is 0.305 e. The fourth-order valence-electron chi connectivity index (χ4n) is 2.27. The Balaban J connectivity index is 2.01. The van der Waals surface area contributed by atoms with Gasteiger partial charge in [-0.2, -0.15) is 5.10 Å².